The van der Waals surface area contributed by atoms with E-state index in [0.717, 1.165) is 11.1 Å². The molecule has 4 rings (SSSR count). The molecule has 0 saturated heterocycles. The predicted molar refractivity (Wildman–Crippen MR) is 114 cm³/mol. The summed E-state index contributed by atoms with van der Waals surface area (Å²) in [4.78, 5) is 25.5. The van der Waals surface area contributed by atoms with E-state index in [-0.39, 0.29) is 16.9 Å². The van der Waals surface area contributed by atoms with Crippen molar-refractivity contribution < 1.29 is 13.9 Å². The second kappa shape index (κ2) is 7.98. The van der Waals surface area contributed by atoms with Crippen molar-refractivity contribution in [2.45, 2.75) is 6.92 Å². The van der Waals surface area contributed by atoms with Gasteiger partial charge >= 0.3 is 5.97 Å². The van der Waals surface area contributed by atoms with E-state index in [1.807, 2.05) is 61.5 Å². The quantitative estimate of drug-likeness (QED) is 0.351. The minimum atomic E-state index is -0.648. The number of carbonyl (C=O) groups is 1. The Labute approximate surface area is 167 Å². The maximum absolute atomic E-state index is 13.0. The highest BCUT2D eigenvalue weighted by Gasteiger charge is 2.19. The van der Waals surface area contributed by atoms with Crippen LogP contribution in [-0.4, -0.2) is 5.97 Å². The fraction of sp³-hybridized carbons (Fsp3) is 0.0400. The average Bonchev–Trinajstić information content (AvgIpc) is 2.75. The van der Waals surface area contributed by atoms with Crippen molar-refractivity contribution >= 4 is 23.0 Å². The molecule has 0 unspecified atom stereocenters. The Morgan fingerprint density at radius 1 is 0.897 bits per heavy atom. The number of carbonyl (C=O) groups excluding carboxylic acids is 1. The van der Waals surface area contributed by atoms with E-state index in [4.69, 9.17) is 9.15 Å². The third-order valence-corrected chi connectivity index (χ3v) is 4.48. The van der Waals surface area contributed by atoms with Crippen molar-refractivity contribution in [3.63, 3.8) is 0 Å². The molecule has 1 aromatic heterocycles. The molecule has 0 aliphatic rings. The van der Waals surface area contributed by atoms with Crippen LogP contribution in [0.15, 0.2) is 94.2 Å². The van der Waals surface area contributed by atoms with Crippen LogP contribution in [0, 0.1) is 6.92 Å². The second-order valence-corrected chi connectivity index (χ2v) is 6.62. The molecule has 4 heteroatoms. The first-order valence-corrected chi connectivity index (χ1v) is 9.19. The highest BCUT2D eigenvalue weighted by atomic mass is 16.5. The molecule has 0 aliphatic carbocycles. The zero-order valence-corrected chi connectivity index (χ0v) is 15.8. The number of esters is 1. The van der Waals surface area contributed by atoms with Crippen molar-refractivity contribution in [1.29, 1.82) is 0 Å². The van der Waals surface area contributed by atoms with Crippen LogP contribution in [0.1, 0.15) is 11.1 Å². The van der Waals surface area contributed by atoms with Crippen LogP contribution in [0.25, 0.3) is 28.4 Å². The Hall–Kier alpha value is -3.92. The van der Waals surface area contributed by atoms with Crippen LogP contribution >= 0.6 is 0 Å². The number of hydrogen-bond acceptors (Lipinski definition) is 4. The van der Waals surface area contributed by atoms with Gasteiger partial charge in [-0.2, -0.15) is 0 Å². The molecule has 4 nitrogen and oxygen atoms in total. The number of benzene rings is 3. The number of ether oxygens (including phenoxy) is 1. The van der Waals surface area contributed by atoms with E-state index in [9.17, 15) is 9.59 Å². The molecule has 0 aliphatic heterocycles. The molecule has 0 fully saturated rings. The lowest BCUT2D eigenvalue weighted by Gasteiger charge is -2.10. The summed E-state index contributed by atoms with van der Waals surface area (Å²) in [5.41, 5.74) is 2.64. The lowest BCUT2D eigenvalue weighted by molar-refractivity contribution is -0.129. The van der Waals surface area contributed by atoms with Gasteiger partial charge in [-0.15, -0.1) is 0 Å². The summed E-state index contributed by atoms with van der Waals surface area (Å²) < 4.78 is 11.4. The van der Waals surface area contributed by atoms with Gasteiger partial charge in [0.1, 0.15) is 5.58 Å². The molecule has 0 spiro atoms. The maximum atomic E-state index is 13.0. The van der Waals surface area contributed by atoms with Gasteiger partial charge < -0.3 is 9.15 Å². The van der Waals surface area contributed by atoms with Gasteiger partial charge in [0.25, 0.3) is 0 Å². The van der Waals surface area contributed by atoms with Gasteiger partial charge in [-0.1, -0.05) is 72.3 Å². The number of aryl methyl sites for hydroxylation is 1. The van der Waals surface area contributed by atoms with Gasteiger partial charge in [0.05, 0.1) is 5.39 Å². The Morgan fingerprint density at radius 2 is 1.59 bits per heavy atom. The summed E-state index contributed by atoms with van der Waals surface area (Å²) in [7, 11) is 0. The number of fused-ring (bicyclic) bond motifs is 1. The van der Waals surface area contributed by atoms with E-state index in [1.165, 1.54) is 6.08 Å². The summed E-state index contributed by atoms with van der Waals surface area (Å²) in [5, 5.41) is 0.359. The molecule has 0 N–H and O–H groups in total. The summed E-state index contributed by atoms with van der Waals surface area (Å²) in [6.45, 7) is 1.97. The van der Waals surface area contributed by atoms with Gasteiger partial charge in [0.2, 0.25) is 11.2 Å². The largest absolute Gasteiger partial charge is 0.452 e. The lowest BCUT2D eigenvalue weighted by Crippen LogP contribution is -2.14. The van der Waals surface area contributed by atoms with Crippen LogP contribution < -0.4 is 10.2 Å². The summed E-state index contributed by atoms with van der Waals surface area (Å²) in [5.74, 6) is -0.532. The van der Waals surface area contributed by atoms with Crippen molar-refractivity contribution in [1.82, 2.24) is 0 Å². The fourth-order valence-corrected chi connectivity index (χ4v) is 2.98. The van der Waals surface area contributed by atoms with E-state index in [2.05, 4.69) is 0 Å². The van der Waals surface area contributed by atoms with Crippen LogP contribution in [0.3, 0.4) is 0 Å². The second-order valence-electron chi connectivity index (χ2n) is 6.62. The monoisotopic (exact) mass is 382 g/mol. The van der Waals surface area contributed by atoms with Gasteiger partial charge in [-0.05, 0) is 30.7 Å². The van der Waals surface area contributed by atoms with Crippen molar-refractivity contribution in [2.24, 2.45) is 0 Å². The van der Waals surface area contributed by atoms with Crippen molar-refractivity contribution in [3.8, 4) is 17.1 Å². The van der Waals surface area contributed by atoms with E-state index >= 15 is 0 Å². The van der Waals surface area contributed by atoms with Crippen LogP contribution in [0.2, 0.25) is 0 Å². The zero-order valence-electron chi connectivity index (χ0n) is 15.8. The standard InChI is InChI=1S/C25H18O4/c1-17-11-14-19(15-12-17)24-25(23(27)20-9-5-6-10-21(20)28-24)29-22(26)16-13-18-7-3-2-4-8-18/h2-16H,1H3/b16-13+. The molecule has 0 radical (unpaired) electrons. The molecule has 1 heterocycles. The Balaban J connectivity index is 1.77. The summed E-state index contributed by atoms with van der Waals surface area (Å²) in [6, 6.07) is 23.8. The topological polar surface area (TPSA) is 56.5 Å². The smallest absolute Gasteiger partial charge is 0.336 e. The summed E-state index contributed by atoms with van der Waals surface area (Å²) >= 11 is 0. The van der Waals surface area contributed by atoms with E-state index in [0.29, 0.717) is 16.5 Å². The van der Waals surface area contributed by atoms with Gasteiger partial charge in [-0.25, -0.2) is 4.79 Å². The predicted octanol–water partition coefficient (Wildman–Crippen LogP) is 5.39. The molecule has 142 valence electrons. The first-order chi connectivity index (χ1) is 14.1. The van der Waals surface area contributed by atoms with E-state index < -0.39 is 5.97 Å². The lowest BCUT2D eigenvalue weighted by atomic mass is 10.1. The molecule has 4 aromatic rings. The average molecular weight is 382 g/mol. The third kappa shape index (κ3) is 4.01. The molecule has 0 atom stereocenters. The molecule has 3 aromatic carbocycles. The van der Waals surface area contributed by atoms with Crippen LogP contribution in [0.5, 0.6) is 5.75 Å². The molecule has 0 amide bonds. The highest BCUT2D eigenvalue weighted by Crippen LogP contribution is 2.31. The number of para-hydroxylation sites is 1. The third-order valence-electron chi connectivity index (χ3n) is 4.48. The maximum Gasteiger partial charge on any atom is 0.336 e. The first-order valence-electron chi connectivity index (χ1n) is 9.19. The normalized spacial score (nSPS) is 11.1. The minimum absolute atomic E-state index is 0.115. The number of hydrogen-bond donors (Lipinski definition) is 0. The van der Waals surface area contributed by atoms with Gasteiger partial charge in [-0.3, -0.25) is 4.79 Å². The Morgan fingerprint density at radius 3 is 2.34 bits per heavy atom. The van der Waals surface area contributed by atoms with Gasteiger partial charge in [0.15, 0.2) is 5.76 Å². The SMILES string of the molecule is Cc1ccc(-c2oc3ccccc3c(=O)c2OC(=O)/C=C/c2ccccc2)cc1. The molecule has 0 saturated carbocycles. The van der Waals surface area contributed by atoms with Gasteiger partial charge in [0, 0.05) is 11.6 Å². The molecule has 29 heavy (non-hydrogen) atoms. The molecular weight excluding hydrogens is 364 g/mol. The number of rotatable bonds is 4. The molecule has 0 bridgehead atoms. The van der Waals surface area contributed by atoms with Crippen LogP contribution in [-0.2, 0) is 4.79 Å². The first kappa shape index (κ1) is 18.4. The fourth-order valence-electron chi connectivity index (χ4n) is 2.98. The zero-order chi connectivity index (χ0) is 20.2. The summed E-state index contributed by atoms with van der Waals surface area (Å²) in [6.07, 6.45) is 2.93. The van der Waals surface area contributed by atoms with Crippen molar-refractivity contribution in [3.05, 3.63) is 106 Å². The molecular formula is C25H18O4. The Kier molecular flexibility index (Phi) is 5.08. The highest BCUT2D eigenvalue weighted by molar-refractivity contribution is 5.91. The van der Waals surface area contributed by atoms with Crippen LogP contribution in [0.4, 0.5) is 0 Å². The van der Waals surface area contributed by atoms with E-state index in [1.54, 1.807) is 30.3 Å². The van der Waals surface area contributed by atoms with Crippen molar-refractivity contribution in [2.75, 3.05) is 0 Å². The minimum Gasteiger partial charge on any atom is -0.452 e. The Bertz CT molecular complexity index is 1250.